The van der Waals surface area contributed by atoms with Crippen LogP contribution in [0.2, 0.25) is 0 Å². The molecule has 1 unspecified atom stereocenters. The van der Waals surface area contributed by atoms with Crippen molar-refractivity contribution in [3.05, 3.63) is 0 Å². The highest BCUT2D eigenvalue weighted by atomic mass is 15.2. The Morgan fingerprint density at radius 3 is 2.12 bits per heavy atom. The first-order valence-electron chi connectivity index (χ1n) is 7.31. The fourth-order valence-electron chi connectivity index (χ4n) is 3.19. The second-order valence-corrected chi connectivity index (χ2v) is 6.76. The van der Waals surface area contributed by atoms with Gasteiger partial charge in [-0.1, -0.05) is 20.8 Å². The van der Waals surface area contributed by atoms with Crippen LogP contribution in [-0.2, 0) is 0 Å². The Bertz CT molecular complexity index is 215. The molecule has 0 aromatic rings. The lowest BCUT2D eigenvalue weighted by Crippen LogP contribution is -2.59. The van der Waals surface area contributed by atoms with E-state index in [9.17, 15) is 0 Å². The van der Waals surface area contributed by atoms with Gasteiger partial charge in [-0.2, -0.15) is 0 Å². The highest BCUT2D eigenvalue weighted by molar-refractivity contribution is 4.99. The third-order valence-corrected chi connectivity index (χ3v) is 4.78. The van der Waals surface area contributed by atoms with Crippen LogP contribution >= 0.6 is 0 Å². The Balaban J connectivity index is 2.64. The largest absolute Gasteiger partial charge is 0.326 e. The summed E-state index contributed by atoms with van der Waals surface area (Å²) in [6, 6.07) is 0.340. The first-order chi connectivity index (χ1) is 7.88. The highest BCUT2D eigenvalue weighted by Gasteiger charge is 2.40. The minimum Gasteiger partial charge on any atom is -0.326 e. The van der Waals surface area contributed by atoms with Gasteiger partial charge in [0.15, 0.2) is 0 Å². The van der Waals surface area contributed by atoms with Gasteiger partial charge in [0.1, 0.15) is 0 Å². The summed E-state index contributed by atoms with van der Waals surface area (Å²) in [5.41, 5.74) is 6.80. The van der Waals surface area contributed by atoms with Crippen LogP contribution in [0.15, 0.2) is 0 Å². The molecule has 0 radical (unpaired) electrons. The van der Waals surface area contributed by atoms with Gasteiger partial charge in [-0.25, -0.2) is 0 Å². The second kappa shape index (κ2) is 6.19. The molecule has 2 heteroatoms. The molecule has 1 fully saturated rings. The van der Waals surface area contributed by atoms with Gasteiger partial charge in [0.05, 0.1) is 0 Å². The van der Waals surface area contributed by atoms with Crippen molar-refractivity contribution < 1.29 is 0 Å². The van der Waals surface area contributed by atoms with Crippen LogP contribution in [0.25, 0.3) is 0 Å². The van der Waals surface area contributed by atoms with Gasteiger partial charge in [-0.15, -0.1) is 0 Å². The molecule has 0 amide bonds. The number of nitrogens with two attached hydrogens (primary N) is 1. The Morgan fingerprint density at radius 2 is 1.71 bits per heavy atom. The average Bonchev–Trinajstić information content (AvgIpc) is 2.26. The molecule has 0 aliphatic heterocycles. The van der Waals surface area contributed by atoms with E-state index >= 15 is 0 Å². The molecule has 0 aromatic carbocycles. The third-order valence-electron chi connectivity index (χ3n) is 4.78. The first-order valence-corrected chi connectivity index (χ1v) is 7.31. The fourth-order valence-corrected chi connectivity index (χ4v) is 3.19. The van der Waals surface area contributed by atoms with Crippen LogP contribution in [0.4, 0.5) is 0 Å². The molecule has 1 rings (SSSR count). The van der Waals surface area contributed by atoms with Gasteiger partial charge in [0.2, 0.25) is 0 Å². The van der Waals surface area contributed by atoms with Crippen molar-refractivity contribution in [2.24, 2.45) is 17.6 Å². The predicted molar refractivity (Wildman–Crippen MR) is 76.1 cm³/mol. The van der Waals surface area contributed by atoms with Crippen molar-refractivity contribution in [2.45, 2.75) is 70.9 Å². The summed E-state index contributed by atoms with van der Waals surface area (Å²) in [4.78, 5) is 2.41. The normalized spacial score (nSPS) is 32.1. The number of hydrogen-bond donors (Lipinski definition) is 1. The monoisotopic (exact) mass is 240 g/mol. The average molecular weight is 240 g/mol. The molecule has 1 saturated carbocycles. The zero-order chi connectivity index (χ0) is 13.1. The molecule has 0 spiro atoms. The predicted octanol–water partition coefficient (Wildman–Crippen LogP) is 3.26. The van der Waals surface area contributed by atoms with Crippen molar-refractivity contribution in [2.75, 3.05) is 14.1 Å². The second-order valence-electron chi connectivity index (χ2n) is 6.76. The van der Waals surface area contributed by atoms with E-state index < -0.39 is 0 Å². The maximum Gasteiger partial charge on any atom is 0.0354 e. The molecule has 1 aliphatic rings. The van der Waals surface area contributed by atoms with Crippen molar-refractivity contribution in [1.29, 1.82) is 0 Å². The summed E-state index contributed by atoms with van der Waals surface area (Å²) in [6.07, 6.45) is 7.67. The number of hydrogen-bond acceptors (Lipinski definition) is 2. The maximum atomic E-state index is 6.54. The quantitative estimate of drug-likeness (QED) is 0.799. The van der Waals surface area contributed by atoms with Gasteiger partial charge < -0.3 is 10.6 Å². The zero-order valence-corrected chi connectivity index (χ0v) is 12.5. The minimum atomic E-state index is 0.265. The topological polar surface area (TPSA) is 29.3 Å². The summed E-state index contributed by atoms with van der Waals surface area (Å²) in [5.74, 6) is 1.66. The molecule has 0 heterocycles. The molecule has 0 aromatic heterocycles. The lowest BCUT2D eigenvalue weighted by molar-refractivity contribution is 0.0523. The molecule has 2 nitrogen and oxygen atoms in total. The number of likely N-dealkylation sites (N-methyl/N-ethyl adjacent to an activating group) is 1. The first kappa shape index (κ1) is 15.0. The van der Waals surface area contributed by atoms with Gasteiger partial charge in [0.25, 0.3) is 0 Å². The lowest BCUT2D eigenvalue weighted by Gasteiger charge is -2.48. The summed E-state index contributed by atoms with van der Waals surface area (Å²) in [7, 11) is 4.43. The van der Waals surface area contributed by atoms with E-state index in [0.717, 1.165) is 11.8 Å². The highest BCUT2D eigenvalue weighted by Crippen LogP contribution is 2.38. The maximum absolute atomic E-state index is 6.54. The fraction of sp³-hybridized carbons (Fsp3) is 1.00. The van der Waals surface area contributed by atoms with E-state index in [1.807, 2.05) is 0 Å². The Kier molecular flexibility index (Phi) is 5.46. The Labute approximate surface area is 108 Å². The zero-order valence-electron chi connectivity index (χ0n) is 12.5. The van der Waals surface area contributed by atoms with Crippen molar-refractivity contribution in [1.82, 2.24) is 4.90 Å². The van der Waals surface area contributed by atoms with Gasteiger partial charge in [-0.3, -0.25) is 0 Å². The van der Waals surface area contributed by atoms with E-state index in [2.05, 4.69) is 39.8 Å². The van der Waals surface area contributed by atoms with Gasteiger partial charge in [0, 0.05) is 11.6 Å². The molecule has 0 saturated heterocycles. The van der Waals surface area contributed by atoms with Crippen LogP contribution in [-0.4, -0.2) is 30.6 Å². The van der Waals surface area contributed by atoms with Crippen LogP contribution in [0.5, 0.6) is 0 Å². The van der Waals surface area contributed by atoms with E-state index in [-0.39, 0.29) is 5.54 Å². The van der Waals surface area contributed by atoms with Crippen molar-refractivity contribution in [3.8, 4) is 0 Å². The van der Waals surface area contributed by atoms with Crippen molar-refractivity contribution >= 4 is 0 Å². The summed E-state index contributed by atoms with van der Waals surface area (Å²) < 4.78 is 0. The number of nitrogens with zero attached hydrogens (tertiary/aromatic N) is 1. The number of rotatable bonds is 5. The summed E-state index contributed by atoms with van der Waals surface area (Å²) >= 11 is 0. The van der Waals surface area contributed by atoms with Crippen LogP contribution in [0, 0.1) is 11.8 Å². The van der Waals surface area contributed by atoms with E-state index in [1.165, 1.54) is 38.5 Å². The standard InChI is InChI=1S/C15H32N2/c1-12(2)6-7-14(16)15(17(4)5)10-8-13(3)9-11-15/h12-14H,6-11,16H2,1-5H3. The third kappa shape index (κ3) is 3.69. The minimum absolute atomic E-state index is 0.265. The van der Waals surface area contributed by atoms with Crippen LogP contribution in [0.3, 0.4) is 0 Å². The summed E-state index contributed by atoms with van der Waals surface area (Å²) in [6.45, 7) is 6.95. The van der Waals surface area contributed by atoms with Gasteiger partial charge in [-0.05, 0) is 64.5 Å². The molecular weight excluding hydrogens is 208 g/mol. The molecule has 0 bridgehead atoms. The van der Waals surface area contributed by atoms with E-state index in [0.29, 0.717) is 6.04 Å². The van der Waals surface area contributed by atoms with Gasteiger partial charge >= 0.3 is 0 Å². The molecule has 1 atom stereocenters. The Morgan fingerprint density at radius 1 is 1.18 bits per heavy atom. The molecule has 1 aliphatic carbocycles. The summed E-state index contributed by atoms with van der Waals surface area (Å²) in [5, 5.41) is 0. The van der Waals surface area contributed by atoms with E-state index in [1.54, 1.807) is 0 Å². The lowest BCUT2D eigenvalue weighted by atomic mass is 9.71. The molecule has 102 valence electrons. The Hall–Kier alpha value is -0.0800. The molecular formula is C15H32N2. The van der Waals surface area contributed by atoms with Crippen molar-refractivity contribution in [3.63, 3.8) is 0 Å². The molecule has 2 N–H and O–H groups in total. The molecule has 17 heavy (non-hydrogen) atoms. The van der Waals surface area contributed by atoms with Crippen LogP contribution in [0.1, 0.15) is 59.3 Å². The van der Waals surface area contributed by atoms with E-state index in [4.69, 9.17) is 5.73 Å². The SMILES string of the molecule is CC(C)CCC(N)C1(N(C)C)CCC(C)CC1. The van der Waals surface area contributed by atoms with Crippen LogP contribution < -0.4 is 5.73 Å². The smallest absolute Gasteiger partial charge is 0.0354 e.